The molecule has 0 atom stereocenters. The fourth-order valence-electron chi connectivity index (χ4n) is 1.66. The second-order valence-corrected chi connectivity index (χ2v) is 3.87. The summed E-state index contributed by atoms with van der Waals surface area (Å²) in [6.07, 6.45) is 3.86. The zero-order chi connectivity index (χ0) is 10.1. The highest BCUT2D eigenvalue weighted by Gasteiger charge is 2.03. The average Bonchev–Trinajstić information content (AvgIpc) is 2.58. The Labute approximate surface area is 84.8 Å². The summed E-state index contributed by atoms with van der Waals surface area (Å²) in [5.41, 5.74) is 3.55. The maximum atomic E-state index is 4.33. The third kappa shape index (κ3) is 1.53. The molecule has 14 heavy (non-hydrogen) atoms. The second kappa shape index (κ2) is 3.46. The first kappa shape index (κ1) is 9.28. The third-order valence-corrected chi connectivity index (χ3v) is 2.31. The molecule has 3 nitrogen and oxygen atoms in total. The third-order valence-electron chi connectivity index (χ3n) is 2.31. The normalized spacial score (nSPS) is 11.4. The van der Waals surface area contributed by atoms with Gasteiger partial charge < -0.3 is 9.30 Å². The number of imidazole rings is 1. The Hall–Kier alpha value is -1.29. The highest BCUT2D eigenvalue weighted by Crippen LogP contribution is 2.05. The number of hydrogen-bond donors (Lipinski definition) is 0. The van der Waals surface area contributed by atoms with Gasteiger partial charge in [0.2, 0.25) is 0 Å². The summed E-state index contributed by atoms with van der Waals surface area (Å²) in [5.74, 6) is 0. The molecule has 0 bridgehead atoms. The quantitative estimate of drug-likeness (QED) is 0.599. The monoisotopic (exact) mass is 187 g/mol. The van der Waals surface area contributed by atoms with E-state index in [2.05, 4.69) is 48.4 Å². The van der Waals surface area contributed by atoms with Gasteiger partial charge in [0.05, 0.1) is 0 Å². The lowest BCUT2D eigenvalue weighted by Crippen LogP contribution is -2.16. The van der Waals surface area contributed by atoms with Gasteiger partial charge in [0.1, 0.15) is 13.5 Å². The van der Waals surface area contributed by atoms with Crippen molar-refractivity contribution in [1.82, 2.24) is 14.3 Å². The predicted octanol–water partition coefficient (Wildman–Crippen LogP) is -0.346. The molecule has 0 radical (unpaired) electrons. The molecule has 0 aromatic carbocycles. The van der Waals surface area contributed by atoms with E-state index in [1.807, 2.05) is 12.4 Å². The lowest BCUT2D eigenvalue weighted by atomic mass is 9.97. The molecular weight excluding hydrogens is 173 g/mol. The maximum Gasteiger partial charge on any atom is 0.144 e. The molecule has 0 aliphatic carbocycles. The van der Waals surface area contributed by atoms with Crippen molar-refractivity contribution in [1.29, 1.82) is 0 Å². The highest BCUT2D eigenvalue weighted by molar-refractivity contribution is 6.36. The van der Waals surface area contributed by atoms with Crippen LogP contribution in [0.2, 0.25) is 0 Å². The van der Waals surface area contributed by atoms with Gasteiger partial charge in [-0.05, 0) is 25.6 Å². The number of nitrogens with zero attached hydrogens (tertiary/aromatic N) is 3. The minimum absolute atomic E-state index is 0.938. The molecular formula is C10H14BN3. The van der Waals surface area contributed by atoms with Gasteiger partial charge in [0, 0.05) is 24.6 Å². The molecule has 2 heterocycles. The Morgan fingerprint density at radius 1 is 1.43 bits per heavy atom. The molecule has 2 aromatic heterocycles. The van der Waals surface area contributed by atoms with Gasteiger partial charge >= 0.3 is 0 Å². The number of rotatable bonds is 2. The molecule has 2 rings (SSSR count). The molecule has 0 fully saturated rings. The SMILES string of the molecule is Bc1ccc(CN(C)C)n2ccnc12. The van der Waals surface area contributed by atoms with E-state index < -0.39 is 0 Å². The van der Waals surface area contributed by atoms with Crippen LogP contribution >= 0.6 is 0 Å². The van der Waals surface area contributed by atoms with Crippen molar-refractivity contribution >= 4 is 19.0 Å². The van der Waals surface area contributed by atoms with Crippen LogP contribution in [-0.2, 0) is 6.54 Å². The Morgan fingerprint density at radius 3 is 2.93 bits per heavy atom. The fraction of sp³-hybridized carbons (Fsp3) is 0.300. The molecule has 2 aromatic rings. The van der Waals surface area contributed by atoms with Crippen molar-refractivity contribution < 1.29 is 0 Å². The highest BCUT2D eigenvalue weighted by atomic mass is 15.1. The summed E-state index contributed by atoms with van der Waals surface area (Å²) >= 11 is 0. The first-order valence-electron chi connectivity index (χ1n) is 4.75. The minimum atomic E-state index is 0.938. The van der Waals surface area contributed by atoms with E-state index in [-0.39, 0.29) is 0 Å². The van der Waals surface area contributed by atoms with Crippen LogP contribution in [0.15, 0.2) is 24.5 Å². The molecule has 72 valence electrons. The number of hydrogen-bond acceptors (Lipinski definition) is 2. The summed E-state index contributed by atoms with van der Waals surface area (Å²) < 4.78 is 2.15. The van der Waals surface area contributed by atoms with Gasteiger partial charge in [-0.2, -0.15) is 0 Å². The Balaban J connectivity index is 2.55. The predicted molar refractivity (Wildman–Crippen MR) is 60.8 cm³/mol. The first-order valence-corrected chi connectivity index (χ1v) is 4.75. The van der Waals surface area contributed by atoms with Crippen molar-refractivity contribution in [3.05, 3.63) is 30.2 Å². The summed E-state index contributed by atoms with van der Waals surface area (Å²) in [5, 5.41) is 0. The van der Waals surface area contributed by atoms with Crippen LogP contribution < -0.4 is 5.46 Å². The summed E-state index contributed by atoms with van der Waals surface area (Å²) in [6, 6.07) is 4.28. The summed E-state index contributed by atoms with van der Waals surface area (Å²) in [7, 11) is 6.23. The molecule has 0 aliphatic heterocycles. The molecule has 0 saturated heterocycles. The zero-order valence-corrected chi connectivity index (χ0v) is 8.86. The largest absolute Gasteiger partial charge is 0.304 e. The van der Waals surface area contributed by atoms with E-state index in [0.29, 0.717) is 0 Å². The number of fused-ring (bicyclic) bond motifs is 1. The van der Waals surface area contributed by atoms with Crippen LogP contribution in [-0.4, -0.2) is 36.2 Å². The van der Waals surface area contributed by atoms with E-state index in [0.717, 1.165) is 12.2 Å². The second-order valence-electron chi connectivity index (χ2n) is 3.87. The van der Waals surface area contributed by atoms with Gasteiger partial charge in [-0.25, -0.2) is 4.98 Å². The topological polar surface area (TPSA) is 20.5 Å². The lowest BCUT2D eigenvalue weighted by molar-refractivity contribution is 0.395. The first-order chi connectivity index (χ1) is 6.68. The van der Waals surface area contributed by atoms with Crippen molar-refractivity contribution in [3.63, 3.8) is 0 Å². The standard InChI is InChI=1S/C10H14BN3/c1-13(2)7-8-3-4-9(11)10-12-5-6-14(8)10/h3-6H,7,11H2,1-2H3. The minimum Gasteiger partial charge on any atom is -0.304 e. The van der Waals surface area contributed by atoms with E-state index in [1.54, 1.807) is 0 Å². The zero-order valence-electron chi connectivity index (χ0n) is 8.86. The molecule has 0 saturated carbocycles. The van der Waals surface area contributed by atoms with E-state index in [9.17, 15) is 0 Å². The van der Waals surface area contributed by atoms with Crippen LogP contribution in [0.3, 0.4) is 0 Å². The molecule has 0 N–H and O–H groups in total. The smallest absolute Gasteiger partial charge is 0.144 e. The van der Waals surface area contributed by atoms with Crippen molar-refractivity contribution in [2.75, 3.05) is 14.1 Å². The van der Waals surface area contributed by atoms with Gasteiger partial charge in [0.15, 0.2) is 0 Å². The molecule has 0 amide bonds. The van der Waals surface area contributed by atoms with E-state index in [1.165, 1.54) is 11.2 Å². The molecule has 0 unspecified atom stereocenters. The van der Waals surface area contributed by atoms with Crippen LogP contribution in [0.4, 0.5) is 0 Å². The fourth-order valence-corrected chi connectivity index (χ4v) is 1.66. The van der Waals surface area contributed by atoms with Gasteiger partial charge in [0.25, 0.3) is 0 Å². The average molecular weight is 187 g/mol. The van der Waals surface area contributed by atoms with Crippen LogP contribution in [0.5, 0.6) is 0 Å². The van der Waals surface area contributed by atoms with Crippen molar-refractivity contribution in [2.24, 2.45) is 0 Å². The van der Waals surface area contributed by atoms with E-state index in [4.69, 9.17) is 0 Å². The Bertz CT molecular complexity index is 448. The van der Waals surface area contributed by atoms with Crippen LogP contribution in [0.25, 0.3) is 5.65 Å². The Morgan fingerprint density at radius 2 is 2.21 bits per heavy atom. The van der Waals surface area contributed by atoms with Crippen molar-refractivity contribution in [3.8, 4) is 0 Å². The van der Waals surface area contributed by atoms with E-state index >= 15 is 0 Å². The molecule has 4 heteroatoms. The van der Waals surface area contributed by atoms with Gasteiger partial charge in [-0.3, -0.25) is 0 Å². The number of pyridine rings is 1. The summed E-state index contributed by atoms with van der Waals surface area (Å²) in [4.78, 5) is 6.49. The van der Waals surface area contributed by atoms with Crippen molar-refractivity contribution in [2.45, 2.75) is 6.54 Å². The summed E-state index contributed by atoms with van der Waals surface area (Å²) in [6.45, 7) is 0.938. The van der Waals surface area contributed by atoms with Gasteiger partial charge in [-0.1, -0.05) is 6.07 Å². The van der Waals surface area contributed by atoms with Crippen LogP contribution in [0, 0.1) is 0 Å². The number of aromatic nitrogens is 2. The van der Waals surface area contributed by atoms with Crippen LogP contribution in [0.1, 0.15) is 5.69 Å². The molecule has 0 spiro atoms. The van der Waals surface area contributed by atoms with Gasteiger partial charge in [-0.15, -0.1) is 0 Å². The molecule has 0 aliphatic rings. The Kier molecular flexibility index (Phi) is 2.29. The maximum absolute atomic E-state index is 4.33. The lowest BCUT2D eigenvalue weighted by Gasteiger charge is -2.12.